The van der Waals surface area contributed by atoms with E-state index in [4.69, 9.17) is 9.47 Å². The second-order valence-electron chi connectivity index (χ2n) is 4.65. The van der Waals surface area contributed by atoms with Crippen LogP contribution in [0.3, 0.4) is 0 Å². The monoisotopic (exact) mass is 292 g/mol. The van der Waals surface area contributed by atoms with E-state index in [1.807, 2.05) is 0 Å². The first-order chi connectivity index (χ1) is 8.28. The van der Waals surface area contributed by atoms with Gasteiger partial charge in [-0.15, -0.1) is 10.2 Å². The third-order valence-corrected chi connectivity index (χ3v) is 5.59. The zero-order valence-corrected chi connectivity index (χ0v) is 12.2. The predicted octanol–water partition coefficient (Wildman–Crippen LogP) is 1.16. The summed E-state index contributed by atoms with van der Waals surface area (Å²) in [4.78, 5) is 0. The van der Waals surface area contributed by atoms with E-state index in [1.165, 1.54) is 0 Å². The molecule has 0 amide bonds. The first-order valence-electron chi connectivity index (χ1n) is 5.63. The van der Waals surface area contributed by atoms with Crippen LogP contribution in [0.2, 0.25) is 0 Å². The Bertz CT molecular complexity index is 524. The van der Waals surface area contributed by atoms with E-state index < -0.39 is 15.6 Å². The van der Waals surface area contributed by atoms with E-state index in [-0.39, 0.29) is 16.2 Å². The summed E-state index contributed by atoms with van der Waals surface area (Å²) in [5.41, 5.74) is 0. The first-order valence-corrected chi connectivity index (χ1v) is 8.10. The Kier molecular flexibility index (Phi) is 3.72. The van der Waals surface area contributed by atoms with Crippen molar-refractivity contribution in [2.45, 2.75) is 43.4 Å². The van der Waals surface area contributed by atoms with Gasteiger partial charge in [-0.1, -0.05) is 11.3 Å². The number of aryl methyl sites for hydroxylation is 1. The van der Waals surface area contributed by atoms with Crippen molar-refractivity contribution in [3.8, 4) is 0 Å². The van der Waals surface area contributed by atoms with Gasteiger partial charge in [0.25, 0.3) is 0 Å². The molecule has 1 fully saturated rings. The number of rotatable bonds is 3. The summed E-state index contributed by atoms with van der Waals surface area (Å²) in [5, 5.41) is 8.05. The SMILES string of the molecule is Cc1nnc(S(=O)(=O)C[C@H]2CCOC(C)(C)O2)s1. The lowest BCUT2D eigenvalue weighted by Crippen LogP contribution is -2.42. The Morgan fingerprint density at radius 3 is 2.72 bits per heavy atom. The predicted molar refractivity (Wildman–Crippen MR) is 66.2 cm³/mol. The Labute approximate surface area is 110 Å². The number of ether oxygens (including phenoxy) is 2. The van der Waals surface area contributed by atoms with Crippen LogP contribution in [0, 0.1) is 6.92 Å². The van der Waals surface area contributed by atoms with Gasteiger partial charge in [-0.05, 0) is 27.2 Å². The average Bonchev–Trinajstić information content (AvgIpc) is 2.63. The highest BCUT2D eigenvalue weighted by Crippen LogP contribution is 2.25. The summed E-state index contributed by atoms with van der Waals surface area (Å²) >= 11 is 1.09. The lowest BCUT2D eigenvalue weighted by atomic mass is 10.2. The van der Waals surface area contributed by atoms with Crippen molar-refractivity contribution in [3.63, 3.8) is 0 Å². The van der Waals surface area contributed by atoms with Gasteiger partial charge in [0.15, 0.2) is 5.79 Å². The van der Waals surface area contributed by atoms with E-state index in [0.29, 0.717) is 18.0 Å². The largest absolute Gasteiger partial charge is 0.350 e. The van der Waals surface area contributed by atoms with Gasteiger partial charge in [0.05, 0.1) is 18.5 Å². The molecule has 2 rings (SSSR count). The van der Waals surface area contributed by atoms with E-state index in [0.717, 1.165) is 11.3 Å². The Hall–Kier alpha value is -0.570. The lowest BCUT2D eigenvalue weighted by molar-refractivity contribution is -0.268. The molecular formula is C10H16N2O4S2. The highest BCUT2D eigenvalue weighted by atomic mass is 32.2. The molecule has 1 aliphatic rings. The van der Waals surface area contributed by atoms with Crippen LogP contribution in [-0.4, -0.2) is 42.9 Å². The Morgan fingerprint density at radius 1 is 1.44 bits per heavy atom. The number of aromatic nitrogens is 2. The standard InChI is InChI=1S/C10H16N2O4S2/c1-7-11-12-9(17-7)18(13,14)6-8-4-5-15-10(2,3)16-8/h8H,4-6H2,1-3H3/t8-/m1/s1. The molecule has 8 heteroatoms. The first kappa shape index (κ1) is 13.9. The molecule has 0 saturated carbocycles. The summed E-state index contributed by atoms with van der Waals surface area (Å²) < 4.78 is 35.3. The van der Waals surface area contributed by atoms with Crippen LogP contribution in [-0.2, 0) is 19.3 Å². The topological polar surface area (TPSA) is 78.4 Å². The van der Waals surface area contributed by atoms with E-state index in [9.17, 15) is 8.42 Å². The van der Waals surface area contributed by atoms with E-state index in [2.05, 4.69) is 10.2 Å². The summed E-state index contributed by atoms with van der Waals surface area (Å²) in [6.07, 6.45) is 0.212. The summed E-state index contributed by atoms with van der Waals surface area (Å²) in [6, 6.07) is 0. The van der Waals surface area contributed by atoms with Gasteiger partial charge in [0.2, 0.25) is 14.2 Å². The van der Waals surface area contributed by atoms with Crippen LogP contribution >= 0.6 is 11.3 Å². The van der Waals surface area contributed by atoms with Gasteiger partial charge in [0.1, 0.15) is 5.01 Å². The van der Waals surface area contributed by atoms with Gasteiger partial charge in [0, 0.05) is 0 Å². The fourth-order valence-electron chi connectivity index (χ4n) is 1.77. The minimum atomic E-state index is -3.42. The van der Waals surface area contributed by atoms with Gasteiger partial charge >= 0.3 is 0 Å². The molecule has 1 saturated heterocycles. The fraction of sp³-hybridized carbons (Fsp3) is 0.800. The molecule has 1 atom stereocenters. The van der Waals surface area contributed by atoms with E-state index in [1.54, 1.807) is 20.8 Å². The van der Waals surface area contributed by atoms with Crippen LogP contribution in [0.15, 0.2) is 4.34 Å². The molecular weight excluding hydrogens is 276 g/mol. The normalized spacial score (nSPS) is 24.1. The third kappa shape index (κ3) is 3.25. The summed E-state index contributed by atoms with van der Waals surface area (Å²) in [6.45, 7) is 5.79. The Morgan fingerprint density at radius 2 is 2.17 bits per heavy atom. The molecule has 2 heterocycles. The number of hydrogen-bond acceptors (Lipinski definition) is 7. The molecule has 1 aliphatic heterocycles. The number of nitrogens with zero attached hydrogens (tertiary/aromatic N) is 2. The minimum Gasteiger partial charge on any atom is -0.350 e. The fourth-order valence-corrected chi connectivity index (χ4v) is 4.29. The maximum Gasteiger partial charge on any atom is 0.232 e. The number of hydrogen-bond donors (Lipinski definition) is 0. The quantitative estimate of drug-likeness (QED) is 0.832. The molecule has 102 valence electrons. The maximum atomic E-state index is 12.1. The number of sulfone groups is 1. The maximum absolute atomic E-state index is 12.1. The summed E-state index contributed by atoms with van der Waals surface area (Å²) in [7, 11) is -3.42. The van der Waals surface area contributed by atoms with E-state index >= 15 is 0 Å². The van der Waals surface area contributed by atoms with Crippen molar-refractivity contribution in [3.05, 3.63) is 5.01 Å². The Balaban J connectivity index is 2.09. The van der Waals surface area contributed by atoms with Crippen molar-refractivity contribution in [2.24, 2.45) is 0 Å². The molecule has 1 aromatic rings. The molecule has 0 unspecified atom stereocenters. The molecule has 18 heavy (non-hydrogen) atoms. The highest BCUT2D eigenvalue weighted by Gasteiger charge is 2.33. The molecule has 6 nitrogen and oxygen atoms in total. The zero-order valence-electron chi connectivity index (χ0n) is 10.5. The zero-order chi connectivity index (χ0) is 13.4. The lowest BCUT2D eigenvalue weighted by Gasteiger charge is -2.35. The minimum absolute atomic E-state index is 0.0629. The average molecular weight is 292 g/mol. The van der Waals surface area contributed by atoms with Gasteiger partial charge in [-0.25, -0.2) is 8.42 Å². The van der Waals surface area contributed by atoms with Gasteiger partial charge in [-0.2, -0.15) is 0 Å². The van der Waals surface area contributed by atoms with Crippen LogP contribution in [0.4, 0.5) is 0 Å². The second kappa shape index (κ2) is 4.84. The highest BCUT2D eigenvalue weighted by molar-refractivity contribution is 7.93. The van der Waals surface area contributed by atoms with Crippen molar-refractivity contribution in [2.75, 3.05) is 12.4 Å². The molecule has 0 aromatic carbocycles. The molecule has 1 aromatic heterocycles. The van der Waals surface area contributed by atoms with Crippen molar-refractivity contribution in [1.82, 2.24) is 10.2 Å². The van der Waals surface area contributed by atoms with Crippen molar-refractivity contribution < 1.29 is 17.9 Å². The smallest absolute Gasteiger partial charge is 0.232 e. The van der Waals surface area contributed by atoms with Gasteiger partial charge in [-0.3, -0.25) is 0 Å². The van der Waals surface area contributed by atoms with Crippen LogP contribution < -0.4 is 0 Å². The molecule has 0 N–H and O–H groups in total. The molecule has 0 spiro atoms. The van der Waals surface area contributed by atoms with Gasteiger partial charge < -0.3 is 9.47 Å². The van der Waals surface area contributed by atoms with Crippen molar-refractivity contribution in [1.29, 1.82) is 0 Å². The summed E-state index contributed by atoms with van der Waals surface area (Å²) in [5.74, 6) is -0.802. The molecule has 0 radical (unpaired) electrons. The molecule has 0 bridgehead atoms. The molecule has 0 aliphatic carbocycles. The third-order valence-electron chi connectivity index (χ3n) is 2.52. The second-order valence-corrected chi connectivity index (χ2v) is 8.03. The van der Waals surface area contributed by atoms with Crippen LogP contribution in [0.1, 0.15) is 25.3 Å². The van der Waals surface area contributed by atoms with Crippen LogP contribution in [0.25, 0.3) is 0 Å². The van der Waals surface area contributed by atoms with Crippen LogP contribution in [0.5, 0.6) is 0 Å². The van der Waals surface area contributed by atoms with Crippen molar-refractivity contribution >= 4 is 21.2 Å².